The maximum atomic E-state index is 12.3. The van der Waals surface area contributed by atoms with Gasteiger partial charge in [-0.3, -0.25) is 14.6 Å². The van der Waals surface area contributed by atoms with Crippen LogP contribution in [0.15, 0.2) is 24.3 Å². The van der Waals surface area contributed by atoms with Crippen LogP contribution >= 0.6 is 11.6 Å². The molecule has 5 heteroatoms. The first-order chi connectivity index (χ1) is 11.0. The largest absolute Gasteiger partial charge is 0.352 e. The number of hydrogen-bond donors (Lipinski definition) is 1. The van der Waals surface area contributed by atoms with Gasteiger partial charge >= 0.3 is 0 Å². The van der Waals surface area contributed by atoms with Crippen LogP contribution in [-0.2, 0) is 11.3 Å². The van der Waals surface area contributed by atoms with E-state index in [9.17, 15) is 4.79 Å². The molecule has 0 bridgehead atoms. The standard InChI is InChI=1S/C18H28ClN3O/c1-4-17(21(2)3)18(23)20-16-9-11-22(12-10-16)13-14-5-7-15(19)8-6-14/h5-8,16-17H,4,9-13H2,1-3H3,(H,20,23). The van der Waals surface area contributed by atoms with Gasteiger partial charge in [0.2, 0.25) is 5.91 Å². The Bertz CT molecular complexity index is 495. The molecule has 1 N–H and O–H groups in total. The van der Waals surface area contributed by atoms with Crippen molar-refractivity contribution in [3.05, 3.63) is 34.9 Å². The zero-order valence-electron chi connectivity index (χ0n) is 14.4. The van der Waals surface area contributed by atoms with Crippen molar-refractivity contribution in [3.63, 3.8) is 0 Å². The molecule has 1 aromatic carbocycles. The first kappa shape index (κ1) is 18.2. The number of nitrogens with one attached hydrogen (secondary N) is 1. The third-order valence-corrected chi connectivity index (χ3v) is 4.82. The molecule has 0 spiro atoms. The average molecular weight is 338 g/mol. The highest BCUT2D eigenvalue weighted by molar-refractivity contribution is 6.30. The molecule has 2 rings (SSSR count). The molecule has 1 heterocycles. The third-order valence-electron chi connectivity index (χ3n) is 4.57. The van der Waals surface area contributed by atoms with Crippen LogP contribution in [0, 0.1) is 0 Å². The lowest BCUT2D eigenvalue weighted by molar-refractivity contribution is -0.126. The maximum absolute atomic E-state index is 12.3. The zero-order valence-corrected chi connectivity index (χ0v) is 15.1. The summed E-state index contributed by atoms with van der Waals surface area (Å²) in [6, 6.07) is 8.32. The predicted molar refractivity (Wildman–Crippen MR) is 95.7 cm³/mol. The SMILES string of the molecule is CCC(C(=O)NC1CCN(Cc2ccc(Cl)cc2)CC1)N(C)C. The second-order valence-corrected chi connectivity index (χ2v) is 7.01. The van der Waals surface area contributed by atoms with E-state index in [0.717, 1.165) is 43.9 Å². The minimum atomic E-state index is -0.0258. The fourth-order valence-electron chi connectivity index (χ4n) is 3.17. The van der Waals surface area contributed by atoms with Crippen molar-refractivity contribution in [2.75, 3.05) is 27.2 Å². The van der Waals surface area contributed by atoms with Gasteiger partial charge in [-0.25, -0.2) is 0 Å². The highest BCUT2D eigenvalue weighted by Crippen LogP contribution is 2.16. The summed E-state index contributed by atoms with van der Waals surface area (Å²) in [7, 11) is 3.92. The molecule has 23 heavy (non-hydrogen) atoms. The van der Waals surface area contributed by atoms with Crippen LogP contribution in [-0.4, -0.2) is 55.0 Å². The lowest BCUT2D eigenvalue weighted by Crippen LogP contribution is -2.50. The fourth-order valence-corrected chi connectivity index (χ4v) is 3.29. The lowest BCUT2D eigenvalue weighted by atomic mass is 10.0. The summed E-state index contributed by atoms with van der Waals surface area (Å²) in [6.45, 7) is 5.05. The smallest absolute Gasteiger partial charge is 0.237 e. The second kappa shape index (κ2) is 8.67. The number of carbonyl (C=O) groups is 1. The summed E-state index contributed by atoms with van der Waals surface area (Å²) >= 11 is 5.92. The number of piperidine rings is 1. The highest BCUT2D eigenvalue weighted by atomic mass is 35.5. The Kier molecular flexibility index (Phi) is 6.88. The number of likely N-dealkylation sites (N-methyl/N-ethyl adjacent to an activating group) is 1. The third kappa shape index (κ3) is 5.48. The number of carbonyl (C=O) groups excluding carboxylic acids is 1. The molecule has 0 aliphatic carbocycles. The summed E-state index contributed by atoms with van der Waals surface area (Å²) < 4.78 is 0. The molecule has 1 fully saturated rings. The number of benzene rings is 1. The molecule has 0 saturated carbocycles. The molecule has 1 amide bonds. The van der Waals surface area contributed by atoms with Crippen LogP contribution in [0.2, 0.25) is 5.02 Å². The Hall–Kier alpha value is -1.10. The fraction of sp³-hybridized carbons (Fsp3) is 0.611. The number of nitrogens with zero attached hydrogens (tertiary/aromatic N) is 2. The van der Waals surface area contributed by atoms with Crippen LogP contribution in [0.25, 0.3) is 0 Å². The van der Waals surface area contributed by atoms with Gasteiger partial charge in [0.05, 0.1) is 6.04 Å². The van der Waals surface area contributed by atoms with Crippen molar-refractivity contribution in [2.45, 2.75) is 44.8 Å². The topological polar surface area (TPSA) is 35.6 Å². The normalized spacial score (nSPS) is 18.1. The summed E-state index contributed by atoms with van der Waals surface area (Å²) in [6.07, 6.45) is 2.88. The van der Waals surface area contributed by atoms with E-state index < -0.39 is 0 Å². The lowest BCUT2D eigenvalue weighted by Gasteiger charge is -2.33. The van der Waals surface area contributed by atoms with Crippen molar-refractivity contribution in [3.8, 4) is 0 Å². The van der Waals surface area contributed by atoms with Crippen molar-refractivity contribution in [1.82, 2.24) is 15.1 Å². The molecule has 1 saturated heterocycles. The minimum absolute atomic E-state index is 0.0258. The first-order valence-corrected chi connectivity index (χ1v) is 8.81. The highest BCUT2D eigenvalue weighted by Gasteiger charge is 2.24. The minimum Gasteiger partial charge on any atom is -0.352 e. The molecule has 1 aliphatic rings. The number of amides is 1. The molecule has 128 valence electrons. The number of halogens is 1. The molecule has 1 aliphatic heterocycles. The summed E-state index contributed by atoms with van der Waals surface area (Å²) in [5, 5.41) is 4.00. The second-order valence-electron chi connectivity index (χ2n) is 6.57. The average Bonchev–Trinajstić information content (AvgIpc) is 2.52. The van der Waals surface area contributed by atoms with Gasteiger partial charge in [-0.2, -0.15) is 0 Å². The van der Waals surface area contributed by atoms with Gasteiger partial charge in [0.25, 0.3) is 0 Å². The monoisotopic (exact) mass is 337 g/mol. The van der Waals surface area contributed by atoms with Crippen LogP contribution in [0.5, 0.6) is 0 Å². The van der Waals surface area contributed by atoms with E-state index in [-0.39, 0.29) is 11.9 Å². The van der Waals surface area contributed by atoms with Gasteiger partial charge < -0.3 is 5.32 Å². The number of likely N-dealkylation sites (tertiary alicyclic amines) is 1. The Labute approximate surface area is 144 Å². The first-order valence-electron chi connectivity index (χ1n) is 8.43. The molecule has 1 unspecified atom stereocenters. The Balaban J connectivity index is 1.77. The Morgan fingerprint density at radius 2 is 1.91 bits per heavy atom. The van der Waals surface area contributed by atoms with Crippen LogP contribution < -0.4 is 5.32 Å². The van der Waals surface area contributed by atoms with E-state index in [1.54, 1.807) is 0 Å². The summed E-state index contributed by atoms with van der Waals surface area (Å²) in [4.78, 5) is 16.7. The van der Waals surface area contributed by atoms with E-state index in [1.165, 1.54) is 5.56 Å². The van der Waals surface area contributed by atoms with Gasteiger partial charge in [0.15, 0.2) is 0 Å². The predicted octanol–water partition coefficient (Wildman–Crippen LogP) is 2.76. The summed E-state index contributed by atoms with van der Waals surface area (Å²) in [5.74, 6) is 0.161. The molecular formula is C18H28ClN3O. The zero-order chi connectivity index (χ0) is 16.8. The van der Waals surface area contributed by atoms with Gasteiger partial charge in [-0.05, 0) is 51.1 Å². The molecule has 4 nitrogen and oxygen atoms in total. The van der Waals surface area contributed by atoms with Crippen LogP contribution in [0.4, 0.5) is 0 Å². The van der Waals surface area contributed by atoms with E-state index in [1.807, 2.05) is 31.1 Å². The maximum Gasteiger partial charge on any atom is 0.237 e. The van der Waals surface area contributed by atoms with Gasteiger partial charge in [0.1, 0.15) is 0 Å². The molecule has 0 radical (unpaired) electrons. The van der Waals surface area contributed by atoms with Gasteiger partial charge in [-0.15, -0.1) is 0 Å². The van der Waals surface area contributed by atoms with Crippen molar-refractivity contribution < 1.29 is 4.79 Å². The van der Waals surface area contributed by atoms with E-state index in [0.29, 0.717) is 6.04 Å². The molecule has 1 aromatic rings. The van der Waals surface area contributed by atoms with Crippen LogP contribution in [0.3, 0.4) is 0 Å². The number of rotatable bonds is 6. The molecular weight excluding hydrogens is 310 g/mol. The van der Waals surface area contributed by atoms with Crippen molar-refractivity contribution in [1.29, 1.82) is 0 Å². The number of hydrogen-bond acceptors (Lipinski definition) is 3. The van der Waals surface area contributed by atoms with E-state index in [2.05, 4.69) is 29.3 Å². The van der Waals surface area contributed by atoms with Gasteiger partial charge in [0, 0.05) is 30.7 Å². The quantitative estimate of drug-likeness (QED) is 0.867. The van der Waals surface area contributed by atoms with Crippen molar-refractivity contribution >= 4 is 17.5 Å². The van der Waals surface area contributed by atoms with E-state index >= 15 is 0 Å². The summed E-state index contributed by atoms with van der Waals surface area (Å²) in [5.41, 5.74) is 1.29. The Morgan fingerprint density at radius 1 is 1.30 bits per heavy atom. The van der Waals surface area contributed by atoms with E-state index in [4.69, 9.17) is 11.6 Å². The Morgan fingerprint density at radius 3 is 2.43 bits per heavy atom. The van der Waals surface area contributed by atoms with Crippen molar-refractivity contribution in [2.24, 2.45) is 0 Å². The van der Waals surface area contributed by atoms with Gasteiger partial charge in [-0.1, -0.05) is 30.7 Å². The van der Waals surface area contributed by atoms with Crippen LogP contribution in [0.1, 0.15) is 31.7 Å². The molecule has 0 aromatic heterocycles. The molecule has 1 atom stereocenters.